The van der Waals surface area contributed by atoms with Gasteiger partial charge in [-0.25, -0.2) is 4.98 Å². The topological polar surface area (TPSA) is 46.4 Å². The molecule has 4 nitrogen and oxygen atoms in total. The predicted octanol–water partition coefficient (Wildman–Crippen LogP) is 4.62. The van der Waals surface area contributed by atoms with E-state index >= 15 is 0 Å². The molecule has 2 aromatic heterocycles. The molecule has 0 saturated carbocycles. The van der Waals surface area contributed by atoms with Gasteiger partial charge in [-0.3, -0.25) is 9.20 Å². The van der Waals surface area contributed by atoms with Crippen molar-refractivity contribution in [1.82, 2.24) is 9.38 Å². The van der Waals surface area contributed by atoms with Gasteiger partial charge < -0.3 is 5.32 Å². The highest BCUT2D eigenvalue weighted by Crippen LogP contribution is 2.23. The SMILES string of the molecule is Cc1cc(Br)c2nc(C)c(C(=O)Nc3ccc(Cl)cc3)n2c1. The van der Waals surface area contributed by atoms with Gasteiger partial charge in [0.1, 0.15) is 5.69 Å². The van der Waals surface area contributed by atoms with E-state index in [-0.39, 0.29) is 5.91 Å². The number of halogens is 2. The molecule has 22 heavy (non-hydrogen) atoms. The Balaban J connectivity index is 2.03. The molecule has 6 heteroatoms. The number of aromatic nitrogens is 2. The van der Waals surface area contributed by atoms with Crippen LogP contribution in [0.4, 0.5) is 5.69 Å². The largest absolute Gasteiger partial charge is 0.321 e. The summed E-state index contributed by atoms with van der Waals surface area (Å²) in [6, 6.07) is 8.97. The minimum Gasteiger partial charge on any atom is -0.321 e. The van der Waals surface area contributed by atoms with Crippen molar-refractivity contribution in [2.45, 2.75) is 13.8 Å². The normalized spacial score (nSPS) is 10.9. The zero-order valence-corrected chi connectivity index (χ0v) is 14.4. The quantitative estimate of drug-likeness (QED) is 0.707. The number of nitrogens with one attached hydrogen (secondary N) is 1. The van der Waals surface area contributed by atoms with Crippen LogP contribution in [0.2, 0.25) is 5.02 Å². The second kappa shape index (κ2) is 5.74. The summed E-state index contributed by atoms with van der Waals surface area (Å²) in [7, 11) is 0. The number of amides is 1. The van der Waals surface area contributed by atoms with Gasteiger partial charge in [-0.15, -0.1) is 0 Å². The van der Waals surface area contributed by atoms with Crippen LogP contribution < -0.4 is 5.32 Å². The molecular weight excluding hydrogens is 366 g/mol. The van der Waals surface area contributed by atoms with E-state index in [1.54, 1.807) is 28.7 Å². The Morgan fingerprint density at radius 3 is 2.64 bits per heavy atom. The van der Waals surface area contributed by atoms with Crippen LogP contribution in [-0.2, 0) is 0 Å². The Kier molecular flexibility index (Phi) is 3.93. The summed E-state index contributed by atoms with van der Waals surface area (Å²) in [5.74, 6) is -0.204. The number of imidazole rings is 1. The van der Waals surface area contributed by atoms with E-state index in [1.807, 2.05) is 26.1 Å². The number of hydrogen-bond donors (Lipinski definition) is 1. The summed E-state index contributed by atoms with van der Waals surface area (Å²) >= 11 is 9.34. The van der Waals surface area contributed by atoms with Gasteiger partial charge in [0.05, 0.1) is 10.2 Å². The summed E-state index contributed by atoms with van der Waals surface area (Å²) < 4.78 is 2.67. The van der Waals surface area contributed by atoms with Crippen LogP contribution in [0.1, 0.15) is 21.7 Å². The average molecular weight is 379 g/mol. The number of hydrogen-bond acceptors (Lipinski definition) is 2. The number of fused-ring (bicyclic) bond motifs is 1. The third-order valence-electron chi connectivity index (χ3n) is 3.30. The monoisotopic (exact) mass is 377 g/mol. The first-order chi connectivity index (χ1) is 10.5. The van der Waals surface area contributed by atoms with Crippen molar-refractivity contribution in [2.75, 3.05) is 5.32 Å². The number of carbonyl (C=O) groups excluding carboxylic acids is 1. The van der Waals surface area contributed by atoms with E-state index in [4.69, 9.17) is 11.6 Å². The van der Waals surface area contributed by atoms with Gasteiger partial charge in [0, 0.05) is 16.9 Å². The Morgan fingerprint density at radius 2 is 1.95 bits per heavy atom. The van der Waals surface area contributed by atoms with Crippen molar-refractivity contribution >= 4 is 44.8 Å². The van der Waals surface area contributed by atoms with Crippen molar-refractivity contribution in [3.63, 3.8) is 0 Å². The third-order valence-corrected chi connectivity index (χ3v) is 4.14. The summed E-state index contributed by atoms with van der Waals surface area (Å²) in [6.07, 6.45) is 1.90. The molecule has 0 fully saturated rings. The van der Waals surface area contributed by atoms with Gasteiger partial charge in [0.15, 0.2) is 5.65 Å². The molecular formula is C16H13BrClN3O. The van der Waals surface area contributed by atoms with E-state index in [1.165, 1.54) is 0 Å². The first kappa shape index (κ1) is 15.1. The smallest absolute Gasteiger partial charge is 0.274 e. The molecule has 3 aromatic rings. The van der Waals surface area contributed by atoms with Gasteiger partial charge in [-0.05, 0) is 65.7 Å². The first-order valence-corrected chi connectivity index (χ1v) is 7.84. The van der Waals surface area contributed by atoms with Gasteiger partial charge in [-0.1, -0.05) is 11.6 Å². The van der Waals surface area contributed by atoms with Crippen molar-refractivity contribution in [3.05, 3.63) is 63.0 Å². The zero-order valence-electron chi connectivity index (χ0n) is 12.0. The standard InChI is InChI=1S/C16H13BrClN3O/c1-9-7-13(17)15-19-10(2)14(21(15)8-9)16(22)20-12-5-3-11(18)4-6-12/h3-8H,1-2H3,(H,20,22). The molecule has 0 saturated heterocycles. The van der Waals surface area contributed by atoms with Crippen molar-refractivity contribution < 1.29 is 4.79 Å². The summed E-state index contributed by atoms with van der Waals surface area (Å²) in [6.45, 7) is 3.80. The van der Waals surface area contributed by atoms with Gasteiger partial charge >= 0.3 is 0 Å². The maximum Gasteiger partial charge on any atom is 0.274 e. The number of nitrogens with zero attached hydrogens (tertiary/aromatic N) is 2. The molecule has 3 rings (SSSR count). The van der Waals surface area contributed by atoms with Gasteiger partial charge in [-0.2, -0.15) is 0 Å². The Bertz CT molecular complexity index is 871. The Morgan fingerprint density at radius 1 is 1.27 bits per heavy atom. The van der Waals surface area contributed by atoms with Crippen LogP contribution in [0.5, 0.6) is 0 Å². The molecule has 0 aliphatic rings. The van der Waals surface area contributed by atoms with Crippen molar-refractivity contribution in [3.8, 4) is 0 Å². The number of pyridine rings is 1. The number of anilines is 1. The van der Waals surface area contributed by atoms with Crippen LogP contribution in [-0.4, -0.2) is 15.3 Å². The molecule has 1 N–H and O–H groups in total. The molecule has 0 unspecified atom stereocenters. The maximum atomic E-state index is 12.6. The lowest BCUT2D eigenvalue weighted by Gasteiger charge is -2.07. The van der Waals surface area contributed by atoms with Crippen LogP contribution in [0.15, 0.2) is 41.0 Å². The highest BCUT2D eigenvalue weighted by molar-refractivity contribution is 9.10. The second-order valence-electron chi connectivity index (χ2n) is 5.07. The third kappa shape index (κ3) is 2.74. The molecule has 0 atom stereocenters. The number of carbonyl (C=O) groups is 1. The van der Waals surface area contributed by atoms with Crippen LogP contribution in [0, 0.1) is 13.8 Å². The van der Waals surface area contributed by atoms with Crippen LogP contribution >= 0.6 is 27.5 Å². The molecule has 0 spiro atoms. The molecule has 2 heterocycles. The molecule has 0 radical (unpaired) electrons. The first-order valence-electron chi connectivity index (χ1n) is 6.67. The summed E-state index contributed by atoms with van der Waals surface area (Å²) in [5, 5.41) is 3.50. The molecule has 1 amide bonds. The van der Waals surface area contributed by atoms with E-state index in [0.717, 1.165) is 15.7 Å². The molecule has 1 aromatic carbocycles. The van der Waals surface area contributed by atoms with Crippen molar-refractivity contribution in [2.24, 2.45) is 0 Å². The highest BCUT2D eigenvalue weighted by atomic mass is 79.9. The van der Waals surface area contributed by atoms with E-state index in [2.05, 4.69) is 26.2 Å². The zero-order chi connectivity index (χ0) is 15.9. The Hall–Kier alpha value is -1.85. The van der Waals surface area contributed by atoms with E-state index < -0.39 is 0 Å². The maximum absolute atomic E-state index is 12.6. The van der Waals surface area contributed by atoms with E-state index in [9.17, 15) is 4.79 Å². The predicted molar refractivity (Wildman–Crippen MR) is 91.8 cm³/mol. The van der Waals surface area contributed by atoms with Crippen molar-refractivity contribution in [1.29, 1.82) is 0 Å². The molecule has 0 aliphatic heterocycles. The lowest BCUT2D eigenvalue weighted by Crippen LogP contribution is -2.15. The minimum absolute atomic E-state index is 0.204. The summed E-state index contributed by atoms with van der Waals surface area (Å²) in [4.78, 5) is 17.1. The summed E-state index contributed by atoms with van der Waals surface area (Å²) in [5.41, 5.74) is 3.66. The highest BCUT2D eigenvalue weighted by Gasteiger charge is 2.18. The van der Waals surface area contributed by atoms with Gasteiger partial charge in [0.25, 0.3) is 5.91 Å². The lowest BCUT2D eigenvalue weighted by atomic mass is 10.2. The molecule has 112 valence electrons. The molecule has 0 bridgehead atoms. The number of benzene rings is 1. The Labute approximate surface area is 141 Å². The fourth-order valence-corrected chi connectivity index (χ4v) is 3.11. The lowest BCUT2D eigenvalue weighted by molar-refractivity contribution is 0.102. The van der Waals surface area contributed by atoms with E-state index in [0.29, 0.717) is 22.1 Å². The van der Waals surface area contributed by atoms with Crippen LogP contribution in [0.3, 0.4) is 0 Å². The fourth-order valence-electron chi connectivity index (χ4n) is 2.34. The average Bonchev–Trinajstić information content (AvgIpc) is 2.78. The fraction of sp³-hybridized carbons (Fsp3) is 0.125. The number of rotatable bonds is 2. The molecule has 0 aliphatic carbocycles. The van der Waals surface area contributed by atoms with Gasteiger partial charge in [0.2, 0.25) is 0 Å². The number of aryl methyl sites for hydroxylation is 2. The van der Waals surface area contributed by atoms with Crippen LogP contribution in [0.25, 0.3) is 5.65 Å². The minimum atomic E-state index is -0.204. The second-order valence-corrected chi connectivity index (χ2v) is 6.36.